The SMILES string of the molecule is CCn1nc(C)c(N)c1NCC(C)CSC. The lowest BCUT2D eigenvalue weighted by Gasteiger charge is -2.13. The molecule has 0 radical (unpaired) electrons. The Labute approximate surface area is 102 Å². The van der Waals surface area contributed by atoms with E-state index in [-0.39, 0.29) is 0 Å². The highest BCUT2D eigenvalue weighted by Gasteiger charge is 2.11. The third-order valence-electron chi connectivity index (χ3n) is 2.54. The summed E-state index contributed by atoms with van der Waals surface area (Å²) in [5.41, 5.74) is 7.67. The molecule has 4 nitrogen and oxygen atoms in total. The van der Waals surface area contributed by atoms with Crippen LogP contribution in [-0.2, 0) is 6.54 Å². The Morgan fingerprint density at radius 3 is 2.81 bits per heavy atom. The monoisotopic (exact) mass is 242 g/mol. The molecular formula is C11H22N4S. The standard InChI is InChI=1S/C11H22N4S/c1-5-15-11(10(12)9(3)14-15)13-6-8(2)7-16-4/h8,13H,5-7,12H2,1-4H3. The molecule has 1 aromatic heterocycles. The van der Waals surface area contributed by atoms with Crippen LogP contribution in [0.3, 0.4) is 0 Å². The van der Waals surface area contributed by atoms with Gasteiger partial charge in [-0.2, -0.15) is 16.9 Å². The first-order valence-electron chi connectivity index (χ1n) is 5.65. The number of nitrogen functional groups attached to an aromatic ring is 1. The first-order valence-corrected chi connectivity index (χ1v) is 7.05. The second kappa shape index (κ2) is 6.03. The van der Waals surface area contributed by atoms with Crippen molar-refractivity contribution in [1.29, 1.82) is 0 Å². The normalized spacial score (nSPS) is 12.8. The third kappa shape index (κ3) is 3.07. The van der Waals surface area contributed by atoms with Crippen molar-refractivity contribution in [3.8, 4) is 0 Å². The molecule has 16 heavy (non-hydrogen) atoms. The van der Waals surface area contributed by atoms with Gasteiger partial charge in [-0.25, -0.2) is 4.68 Å². The molecule has 1 rings (SSSR count). The molecule has 0 spiro atoms. The Morgan fingerprint density at radius 2 is 2.25 bits per heavy atom. The van der Waals surface area contributed by atoms with Gasteiger partial charge in [-0.3, -0.25) is 0 Å². The quantitative estimate of drug-likeness (QED) is 0.803. The van der Waals surface area contributed by atoms with Crippen molar-refractivity contribution in [1.82, 2.24) is 9.78 Å². The fraction of sp³-hybridized carbons (Fsp3) is 0.727. The van der Waals surface area contributed by atoms with E-state index in [1.54, 1.807) is 0 Å². The van der Waals surface area contributed by atoms with Gasteiger partial charge in [0.15, 0.2) is 0 Å². The summed E-state index contributed by atoms with van der Waals surface area (Å²) in [4.78, 5) is 0. The Kier molecular flexibility index (Phi) is 4.99. The third-order valence-corrected chi connectivity index (χ3v) is 3.44. The van der Waals surface area contributed by atoms with Gasteiger partial charge in [-0.05, 0) is 31.8 Å². The maximum Gasteiger partial charge on any atom is 0.148 e. The van der Waals surface area contributed by atoms with Crippen molar-refractivity contribution in [3.05, 3.63) is 5.69 Å². The molecule has 0 amide bonds. The van der Waals surface area contributed by atoms with Crippen LogP contribution >= 0.6 is 11.8 Å². The summed E-state index contributed by atoms with van der Waals surface area (Å²) in [6.07, 6.45) is 2.13. The number of nitrogens with two attached hydrogens (primary N) is 1. The molecule has 0 aliphatic carbocycles. The Morgan fingerprint density at radius 1 is 1.56 bits per heavy atom. The summed E-state index contributed by atoms with van der Waals surface area (Å²) in [6.45, 7) is 8.03. The Bertz CT molecular complexity index is 335. The van der Waals surface area contributed by atoms with Crippen LogP contribution in [0.4, 0.5) is 11.5 Å². The maximum atomic E-state index is 5.99. The van der Waals surface area contributed by atoms with Crippen LogP contribution in [-0.4, -0.2) is 28.3 Å². The van der Waals surface area contributed by atoms with Crippen LogP contribution in [0, 0.1) is 12.8 Å². The first-order chi connectivity index (χ1) is 7.60. The fourth-order valence-electron chi connectivity index (χ4n) is 1.62. The Hall–Kier alpha value is -0.840. The fourth-order valence-corrected chi connectivity index (χ4v) is 2.31. The van der Waals surface area contributed by atoms with E-state index >= 15 is 0 Å². The van der Waals surface area contributed by atoms with Gasteiger partial charge in [0.1, 0.15) is 5.82 Å². The number of nitrogens with one attached hydrogen (secondary N) is 1. The molecule has 0 aliphatic heterocycles. The van der Waals surface area contributed by atoms with Gasteiger partial charge >= 0.3 is 0 Å². The summed E-state index contributed by atoms with van der Waals surface area (Å²) in [6, 6.07) is 0. The van der Waals surface area contributed by atoms with Gasteiger partial charge in [-0.1, -0.05) is 6.92 Å². The molecule has 0 bridgehead atoms. The van der Waals surface area contributed by atoms with Gasteiger partial charge in [0, 0.05) is 13.1 Å². The maximum absolute atomic E-state index is 5.99. The summed E-state index contributed by atoms with van der Waals surface area (Å²) in [5.74, 6) is 2.76. The highest BCUT2D eigenvalue weighted by atomic mass is 32.2. The van der Waals surface area contributed by atoms with Gasteiger partial charge in [0.05, 0.1) is 11.4 Å². The van der Waals surface area contributed by atoms with Crippen molar-refractivity contribution >= 4 is 23.3 Å². The summed E-state index contributed by atoms with van der Waals surface area (Å²) in [7, 11) is 0. The van der Waals surface area contributed by atoms with Crippen molar-refractivity contribution in [3.63, 3.8) is 0 Å². The van der Waals surface area contributed by atoms with E-state index in [9.17, 15) is 0 Å². The van der Waals surface area contributed by atoms with E-state index in [4.69, 9.17) is 5.73 Å². The van der Waals surface area contributed by atoms with Crippen LogP contribution in [0.15, 0.2) is 0 Å². The molecule has 1 unspecified atom stereocenters. The number of hydrogen-bond donors (Lipinski definition) is 2. The summed E-state index contributed by atoms with van der Waals surface area (Å²) < 4.78 is 1.93. The minimum absolute atomic E-state index is 0.634. The lowest BCUT2D eigenvalue weighted by Crippen LogP contribution is -2.16. The van der Waals surface area contributed by atoms with Crippen LogP contribution in [0.25, 0.3) is 0 Å². The Balaban J connectivity index is 2.65. The topological polar surface area (TPSA) is 55.9 Å². The number of thioether (sulfide) groups is 1. The zero-order valence-corrected chi connectivity index (χ0v) is 11.4. The molecule has 1 aromatic rings. The van der Waals surface area contributed by atoms with Crippen molar-refractivity contribution in [2.45, 2.75) is 27.3 Å². The molecule has 0 fully saturated rings. The number of aromatic nitrogens is 2. The molecule has 1 heterocycles. The van der Waals surface area contributed by atoms with Gasteiger partial charge in [0.25, 0.3) is 0 Å². The molecule has 1 atom stereocenters. The molecule has 0 aliphatic rings. The van der Waals surface area contributed by atoms with E-state index < -0.39 is 0 Å². The van der Waals surface area contributed by atoms with Crippen LogP contribution in [0.5, 0.6) is 0 Å². The van der Waals surface area contributed by atoms with E-state index in [0.29, 0.717) is 5.92 Å². The zero-order valence-electron chi connectivity index (χ0n) is 10.6. The predicted molar refractivity (Wildman–Crippen MR) is 73.1 cm³/mol. The van der Waals surface area contributed by atoms with E-state index in [1.165, 1.54) is 0 Å². The van der Waals surface area contributed by atoms with Crippen LogP contribution in [0.1, 0.15) is 19.5 Å². The average molecular weight is 242 g/mol. The lowest BCUT2D eigenvalue weighted by molar-refractivity contribution is 0.643. The van der Waals surface area contributed by atoms with Crippen molar-refractivity contribution in [2.24, 2.45) is 5.92 Å². The highest BCUT2D eigenvalue weighted by molar-refractivity contribution is 7.98. The molecular weight excluding hydrogens is 220 g/mol. The van der Waals surface area contributed by atoms with E-state index in [2.05, 4.69) is 30.5 Å². The summed E-state index contributed by atoms with van der Waals surface area (Å²) >= 11 is 1.87. The molecule has 3 N–H and O–H groups in total. The zero-order chi connectivity index (χ0) is 12.1. The van der Waals surface area contributed by atoms with E-state index in [0.717, 1.165) is 36.0 Å². The first kappa shape index (κ1) is 13.2. The molecule has 5 heteroatoms. The minimum atomic E-state index is 0.634. The smallest absolute Gasteiger partial charge is 0.148 e. The number of rotatable bonds is 6. The molecule has 0 aromatic carbocycles. The minimum Gasteiger partial charge on any atom is -0.394 e. The summed E-state index contributed by atoms with van der Waals surface area (Å²) in [5, 5.41) is 7.78. The number of hydrogen-bond acceptors (Lipinski definition) is 4. The molecule has 0 saturated carbocycles. The van der Waals surface area contributed by atoms with Crippen LogP contribution in [0.2, 0.25) is 0 Å². The largest absolute Gasteiger partial charge is 0.394 e. The predicted octanol–water partition coefficient (Wildman–Crippen LogP) is 2.20. The van der Waals surface area contributed by atoms with Gasteiger partial charge in [-0.15, -0.1) is 0 Å². The van der Waals surface area contributed by atoms with Gasteiger partial charge in [0.2, 0.25) is 0 Å². The van der Waals surface area contributed by atoms with Crippen molar-refractivity contribution < 1.29 is 0 Å². The number of anilines is 2. The van der Waals surface area contributed by atoms with Gasteiger partial charge < -0.3 is 11.1 Å². The number of nitrogens with zero attached hydrogens (tertiary/aromatic N) is 2. The highest BCUT2D eigenvalue weighted by Crippen LogP contribution is 2.22. The molecule has 0 saturated heterocycles. The average Bonchev–Trinajstić information content (AvgIpc) is 2.53. The second-order valence-corrected chi connectivity index (χ2v) is 5.02. The lowest BCUT2D eigenvalue weighted by atomic mass is 10.2. The number of aryl methyl sites for hydroxylation is 2. The second-order valence-electron chi connectivity index (χ2n) is 4.10. The van der Waals surface area contributed by atoms with Crippen LogP contribution < -0.4 is 11.1 Å². The molecule has 92 valence electrons. The van der Waals surface area contributed by atoms with Crippen molar-refractivity contribution in [2.75, 3.05) is 29.6 Å². The van der Waals surface area contributed by atoms with E-state index in [1.807, 2.05) is 23.4 Å².